The van der Waals surface area contributed by atoms with E-state index in [9.17, 15) is 0 Å². The summed E-state index contributed by atoms with van der Waals surface area (Å²) in [5, 5.41) is 3.49. The van der Waals surface area contributed by atoms with Crippen molar-refractivity contribution in [3.05, 3.63) is 28.5 Å². The third-order valence-corrected chi connectivity index (χ3v) is 3.19. The Morgan fingerprint density at radius 3 is 2.82 bits per heavy atom. The van der Waals surface area contributed by atoms with Crippen LogP contribution in [0.5, 0.6) is 0 Å². The Kier molecular flexibility index (Phi) is 6.70. The predicted octanol–water partition coefficient (Wildman–Crippen LogP) is 2.79. The van der Waals surface area contributed by atoms with Crippen LogP contribution in [0.1, 0.15) is 25.8 Å². The lowest BCUT2D eigenvalue weighted by molar-refractivity contribution is 0.101. The van der Waals surface area contributed by atoms with Crippen LogP contribution in [0, 0.1) is 0 Å². The molecule has 1 heterocycles. The van der Waals surface area contributed by atoms with Crippen LogP contribution in [0.15, 0.2) is 22.9 Å². The van der Waals surface area contributed by atoms with Gasteiger partial charge in [-0.25, -0.2) is 0 Å². The van der Waals surface area contributed by atoms with Gasteiger partial charge in [-0.15, -0.1) is 0 Å². The summed E-state index contributed by atoms with van der Waals surface area (Å²) in [6.07, 6.45) is 6.00. The van der Waals surface area contributed by atoms with E-state index in [1.807, 2.05) is 12.4 Å². The van der Waals surface area contributed by atoms with Crippen molar-refractivity contribution in [2.24, 2.45) is 0 Å². The van der Waals surface area contributed by atoms with E-state index in [1.165, 1.54) is 5.56 Å². The van der Waals surface area contributed by atoms with Gasteiger partial charge in [-0.2, -0.15) is 0 Å². The lowest BCUT2D eigenvalue weighted by atomic mass is 10.0. The summed E-state index contributed by atoms with van der Waals surface area (Å²) in [4.78, 5) is 4.19. The summed E-state index contributed by atoms with van der Waals surface area (Å²) >= 11 is 3.45. The van der Waals surface area contributed by atoms with Crippen molar-refractivity contribution in [3.8, 4) is 0 Å². The first-order valence-electron chi connectivity index (χ1n) is 6.01. The van der Waals surface area contributed by atoms with Gasteiger partial charge in [-0.3, -0.25) is 4.98 Å². The molecule has 4 heteroatoms. The predicted molar refractivity (Wildman–Crippen MR) is 74.2 cm³/mol. The summed E-state index contributed by atoms with van der Waals surface area (Å²) in [6, 6.07) is 2.56. The van der Waals surface area contributed by atoms with E-state index in [-0.39, 0.29) is 6.10 Å². The number of halogens is 1. The molecule has 17 heavy (non-hydrogen) atoms. The number of rotatable bonds is 7. The molecule has 1 aromatic heterocycles. The highest BCUT2D eigenvalue weighted by Crippen LogP contribution is 2.13. The standard InChI is InChI=1S/C13H21BrN2O/c1-4-16-13(5-10(2)17-3)7-11-6-12(14)9-15-8-11/h6,8-10,13,16H,4-5,7H2,1-3H3. The van der Waals surface area contributed by atoms with Crippen LogP contribution >= 0.6 is 15.9 Å². The smallest absolute Gasteiger partial charge is 0.0558 e. The van der Waals surface area contributed by atoms with Crippen molar-refractivity contribution in [1.29, 1.82) is 0 Å². The van der Waals surface area contributed by atoms with E-state index < -0.39 is 0 Å². The fourth-order valence-electron chi connectivity index (χ4n) is 1.88. The fourth-order valence-corrected chi connectivity index (χ4v) is 2.29. The largest absolute Gasteiger partial charge is 0.382 e. The highest BCUT2D eigenvalue weighted by molar-refractivity contribution is 9.10. The minimum Gasteiger partial charge on any atom is -0.382 e. The number of hydrogen-bond acceptors (Lipinski definition) is 3. The van der Waals surface area contributed by atoms with Crippen LogP contribution in [0.3, 0.4) is 0 Å². The molecule has 0 aliphatic carbocycles. The lowest BCUT2D eigenvalue weighted by Crippen LogP contribution is -2.34. The van der Waals surface area contributed by atoms with Gasteiger partial charge >= 0.3 is 0 Å². The third-order valence-electron chi connectivity index (χ3n) is 2.76. The van der Waals surface area contributed by atoms with Gasteiger partial charge in [0.15, 0.2) is 0 Å². The number of nitrogens with zero attached hydrogens (tertiary/aromatic N) is 1. The molecule has 0 radical (unpaired) electrons. The van der Waals surface area contributed by atoms with Gasteiger partial charge in [-0.05, 0) is 53.9 Å². The minimum absolute atomic E-state index is 0.277. The molecule has 2 atom stereocenters. The molecule has 0 aliphatic heterocycles. The summed E-state index contributed by atoms with van der Waals surface area (Å²) in [5.41, 5.74) is 1.24. The maximum atomic E-state index is 5.32. The minimum atomic E-state index is 0.277. The fraction of sp³-hybridized carbons (Fsp3) is 0.615. The molecule has 1 N–H and O–H groups in total. The van der Waals surface area contributed by atoms with Crippen molar-refractivity contribution in [2.75, 3.05) is 13.7 Å². The number of ether oxygens (including phenoxy) is 1. The van der Waals surface area contributed by atoms with Crippen LogP contribution in [0.4, 0.5) is 0 Å². The Balaban J connectivity index is 2.59. The first-order valence-corrected chi connectivity index (χ1v) is 6.80. The highest BCUT2D eigenvalue weighted by atomic mass is 79.9. The second kappa shape index (κ2) is 7.80. The van der Waals surface area contributed by atoms with Gasteiger partial charge in [0.25, 0.3) is 0 Å². The Morgan fingerprint density at radius 1 is 1.47 bits per heavy atom. The van der Waals surface area contributed by atoms with Crippen LogP contribution in [-0.4, -0.2) is 30.8 Å². The summed E-state index contributed by atoms with van der Waals surface area (Å²) < 4.78 is 6.36. The molecule has 0 fully saturated rings. The zero-order valence-electron chi connectivity index (χ0n) is 10.7. The molecule has 0 aromatic carbocycles. The summed E-state index contributed by atoms with van der Waals surface area (Å²) in [6.45, 7) is 5.20. The normalized spacial score (nSPS) is 14.6. The number of methoxy groups -OCH3 is 1. The van der Waals surface area contributed by atoms with E-state index in [4.69, 9.17) is 4.74 Å². The average Bonchev–Trinajstić information content (AvgIpc) is 2.29. The quantitative estimate of drug-likeness (QED) is 0.841. The number of aromatic nitrogens is 1. The number of pyridine rings is 1. The summed E-state index contributed by atoms with van der Waals surface area (Å²) in [5.74, 6) is 0. The van der Waals surface area contributed by atoms with Crippen molar-refractivity contribution in [3.63, 3.8) is 0 Å². The van der Waals surface area contributed by atoms with Crippen molar-refractivity contribution in [1.82, 2.24) is 10.3 Å². The van der Waals surface area contributed by atoms with Gasteiger partial charge in [0, 0.05) is 30.0 Å². The SMILES string of the molecule is CCNC(Cc1cncc(Br)c1)CC(C)OC. The lowest BCUT2D eigenvalue weighted by Gasteiger charge is -2.21. The van der Waals surface area contributed by atoms with Crippen LogP contribution in [-0.2, 0) is 11.2 Å². The van der Waals surface area contributed by atoms with Gasteiger partial charge < -0.3 is 10.1 Å². The van der Waals surface area contributed by atoms with E-state index in [2.05, 4.69) is 46.1 Å². The zero-order valence-corrected chi connectivity index (χ0v) is 12.3. The second-order valence-electron chi connectivity index (χ2n) is 4.25. The third kappa shape index (κ3) is 5.61. The molecular weight excluding hydrogens is 280 g/mol. The highest BCUT2D eigenvalue weighted by Gasteiger charge is 2.12. The number of hydrogen-bond donors (Lipinski definition) is 1. The van der Waals surface area contributed by atoms with Gasteiger partial charge in [-0.1, -0.05) is 6.92 Å². The zero-order chi connectivity index (χ0) is 12.7. The Hall–Kier alpha value is -0.450. The van der Waals surface area contributed by atoms with Gasteiger partial charge in [0.1, 0.15) is 0 Å². The molecule has 0 spiro atoms. The van der Waals surface area contributed by atoms with Crippen LogP contribution < -0.4 is 5.32 Å². The van der Waals surface area contributed by atoms with Crippen molar-refractivity contribution >= 4 is 15.9 Å². The first kappa shape index (κ1) is 14.6. The molecule has 0 aliphatic rings. The van der Waals surface area contributed by atoms with E-state index in [1.54, 1.807) is 7.11 Å². The Morgan fingerprint density at radius 2 is 2.24 bits per heavy atom. The molecule has 0 saturated carbocycles. The maximum Gasteiger partial charge on any atom is 0.0558 e. The molecule has 2 unspecified atom stereocenters. The van der Waals surface area contributed by atoms with Gasteiger partial charge in [0.05, 0.1) is 6.10 Å². The van der Waals surface area contributed by atoms with Crippen molar-refractivity contribution < 1.29 is 4.74 Å². The van der Waals surface area contributed by atoms with Crippen molar-refractivity contribution in [2.45, 2.75) is 38.8 Å². The molecule has 3 nitrogen and oxygen atoms in total. The maximum absolute atomic E-state index is 5.32. The molecule has 0 saturated heterocycles. The topological polar surface area (TPSA) is 34.2 Å². The average molecular weight is 301 g/mol. The molecule has 1 aromatic rings. The molecular formula is C13H21BrN2O. The van der Waals surface area contributed by atoms with Crippen LogP contribution in [0.25, 0.3) is 0 Å². The molecule has 0 bridgehead atoms. The molecule has 0 amide bonds. The monoisotopic (exact) mass is 300 g/mol. The number of nitrogens with one attached hydrogen (secondary N) is 1. The second-order valence-corrected chi connectivity index (χ2v) is 5.17. The van der Waals surface area contributed by atoms with E-state index in [0.717, 1.165) is 23.9 Å². The van der Waals surface area contributed by atoms with Gasteiger partial charge in [0.2, 0.25) is 0 Å². The Bertz CT molecular complexity index is 333. The Labute approximate surface area is 112 Å². The number of likely N-dealkylation sites (N-methyl/N-ethyl adjacent to an activating group) is 1. The van der Waals surface area contributed by atoms with E-state index >= 15 is 0 Å². The molecule has 96 valence electrons. The van der Waals surface area contributed by atoms with Crippen LogP contribution in [0.2, 0.25) is 0 Å². The summed E-state index contributed by atoms with van der Waals surface area (Å²) in [7, 11) is 1.76. The first-order chi connectivity index (χ1) is 8.15. The van der Waals surface area contributed by atoms with E-state index in [0.29, 0.717) is 6.04 Å². The molecule has 1 rings (SSSR count).